The molecule has 0 saturated carbocycles. The van der Waals surface area contributed by atoms with E-state index in [1.54, 1.807) is 0 Å². The maximum absolute atomic E-state index is 12.5. The average molecular weight is 457 g/mol. The molecule has 0 aromatic heterocycles. The first-order chi connectivity index (χ1) is 15.3. The normalized spacial score (nSPS) is 28.8. The molecule has 1 amide bonds. The second-order valence-corrected chi connectivity index (χ2v) is 7.50. The number of aliphatic hydroxyl groups excluding tert-OH is 4. The lowest BCUT2D eigenvalue weighted by molar-refractivity contribution is -0.385. The summed E-state index contributed by atoms with van der Waals surface area (Å²) in [5.41, 5.74) is -0.466. The van der Waals surface area contributed by atoms with E-state index in [1.807, 2.05) is 0 Å². The second-order valence-electron chi connectivity index (χ2n) is 7.50. The number of ether oxygens (including phenoxy) is 3. The molecule has 1 aromatic carbocycles. The minimum Gasteiger partial charge on any atom is -0.462 e. The smallest absolute Gasteiger partial charge is 0.273 e. The van der Waals surface area contributed by atoms with E-state index in [4.69, 9.17) is 14.2 Å². The topological polar surface area (TPSA) is 184 Å². The molecule has 0 spiro atoms. The van der Waals surface area contributed by atoms with Crippen LogP contribution in [0, 0.1) is 10.1 Å². The van der Waals surface area contributed by atoms with Gasteiger partial charge < -0.3 is 40.0 Å². The van der Waals surface area contributed by atoms with E-state index < -0.39 is 53.8 Å². The Kier molecular flexibility index (Phi) is 8.31. The lowest BCUT2D eigenvalue weighted by Gasteiger charge is -2.39. The maximum atomic E-state index is 12.5. The Hall–Kier alpha value is -2.39. The average Bonchev–Trinajstić information content (AvgIpc) is 2.79. The quantitative estimate of drug-likeness (QED) is 0.211. The lowest BCUT2D eigenvalue weighted by Crippen LogP contribution is -2.60. The highest BCUT2D eigenvalue weighted by molar-refractivity contribution is 5.95. The maximum Gasteiger partial charge on any atom is 0.273 e. The lowest BCUT2D eigenvalue weighted by atomic mass is 9.99. The van der Waals surface area contributed by atoms with Gasteiger partial charge in [-0.25, -0.2) is 0 Å². The standard InChI is InChI=1S/C19H27N3O10/c23-10-14-15(24)16(25)17(26)19(32-14)31-13-8-11(7-12(9-13)22(28)29)18(27)20-1-2-21-3-5-30-6-4-21/h7-9,14-17,19,23-26H,1-6,10H2,(H,20,27)/t14-,15+,16+,17-,19+/m1/s1. The molecule has 2 aliphatic heterocycles. The number of non-ortho nitro benzene ring substituents is 1. The summed E-state index contributed by atoms with van der Waals surface area (Å²) < 4.78 is 16.0. The van der Waals surface area contributed by atoms with Crippen molar-refractivity contribution in [2.75, 3.05) is 46.0 Å². The SMILES string of the molecule is O=C(NCCN1CCOCC1)c1cc(O[C@H]2O[C@H](CO)[C@H](O)[C@H](O)[C@H]2O)cc([N+](=O)[O-])c1. The van der Waals surface area contributed by atoms with Crippen LogP contribution in [0.3, 0.4) is 0 Å². The highest BCUT2D eigenvalue weighted by Crippen LogP contribution is 2.28. The van der Waals surface area contributed by atoms with Crippen LogP contribution < -0.4 is 10.1 Å². The molecule has 0 aliphatic carbocycles. The van der Waals surface area contributed by atoms with Crippen LogP contribution in [0.5, 0.6) is 5.75 Å². The van der Waals surface area contributed by atoms with E-state index in [0.29, 0.717) is 26.3 Å². The summed E-state index contributed by atoms with van der Waals surface area (Å²) in [6, 6.07) is 3.36. The van der Waals surface area contributed by atoms with Gasteiger partial charge in [0.25, 0.3) is 11.6 Å². The molecular formula is C19H27N3O10. The van der Waals surface area contributed by atoms with E-state index in [9.17, 15) is 35.3 Å². The number of nitro groups is 1. The van der Waals surface area contributed by atoms with Crippen molar-refractivity contribution >= 4 is 11.6 Å². The van der Waals surface area contributed by atoms with Crippen molar-refractivity contribution in [2.24, 2.45) is 0 Å². The zero-order valence-electron chi connectivity index (χ0n) is 17.2. The minimum absolute atomic E-state index is 0.0410. The second kappa shape index (κ2) is 11.0. The molecule has 3 rings (SSSR count). The van der Waals surface area contributed by atoms with Gasteiger partial charge in [0.2, 0.25) is 6.29 Å². The molecule has 0 bridgehead atoms. The van der Waals surface area contributed by atoms with Crippen LogP contribution in [-0.4, -0.2) is 113 Å². The summed E-state index contributed by atoms with van der Waals surface area (Å²) in [4.78, 5) is 25.3. The van der Waals surface area contributed by atoms with Gasteiger partial charge >= 0.3 is 0 Å². The minimum atomic E-state index is -1.70. The van der Waals surface area contributed by atoms with Crippen LogP contribution in [-0.2, 0) is 9.47 Å². The Labute approximate surface area is 183 Å². The van der Waals surface area contributed by atoms with Crippen molar-refractivity contribution < 1.29 is 44.4 Å². The third-order valence-corrected chi connectivity index (χ3v) is 5.28. The number of aliphatic hydroxyl groups is 4. The van der Waals surface area contributed by atoms with Gasteiger partial charge in [0.05, 0.1) is 30.8 Å². The fourth-order valence-electron chi connectivity index (χ4n) is 3.44. The summed E-state index contributed by atoms with van der Waals surface area (Å²) in [5, 5.41) is 53.1. The van der Waals surface area contributed by atoms with Crippen molar-refractivity contribution in [1.82, 2.24) is 10.2 Å². The van der Waals surface area contributed by atoms with Crippen LogP contribution in [0.4, 0.5) is 5.69 Å². The van der Waals surface area contributed by atoms with Crippen LogP contribution in [0.15, 0.2) is 18.2 Å². The number of morpholine rings is 1. The van der Waals surface area contributed by atoms with Crippen molar-refractivity contribution in [3.05, 3.63) is 33.9 Å². The van der Waals surface area contributed by atoms with Gasteiger partial charge in [-0.15, -0.1) is 0 Å². The fraction of sp³-hybridized carbons (Fsp3) is 0.632. The Balaban J connectivity index is 1.69. The Morgan fingerprint density at radius 2 is 1.91 bits per heavy atom. The first-order valence-electron chi connectivity index (χ1n) is 10.1. The highest BCUT2D eigenvalue weighted by Gasteiger charge is 2.44. The van der Waals surface area contributed by atoms with Gasteiger partial charge in [-0.1, -0.05) is 0 Å². The van der Waals surface area contributed by atoms with E-state index in [-0.39, 0.29) is 11.3 Å². The molecule has 2 saturated heterocycles. The predicted octanol–water partition coefficient (Wildman–Crippen LogP) is -2.16. The summed E-state index contributed by atoms with van der Waals surface area (Å²) in [6.45, 7) is 3.02. The number of nitro benzene ring substituents is 1. The van der Waals surface area contributed by atoms with Gasteiger partial charge in [0.15, 0.2) is 0 Å². The fourth-order valence-corrected chi connectivity index (χ4v) is 3.44. The van der Waals surface area contributed by atoms with Crippen LogP contribution in [0.2, 0.25) is 0 Å². The van der Waals surface area contributed by atoms with E-state index in [2.05, 4.69) is 10.2 Å². The number of nitrogens with one attached hydrogen (secondary N) is 1. The van der Waals surface area contributed by atoms with Gasteiger partial charge in [-0.05, 0) is 6.07 Å². The summed E-state index contributed by atoms with van der Waals surface area (Å²) in [6.07, 6.45) is -7.69. The zero-order valence-corrected chi connectivity index (χ0v) is 17.2. The molecule has 32 heavy (non-hydrogen) atoms. The number of hydrogen-bond acceptors (Lipinski definition) is 11. The van der Waals surface area contributed by atoms with E-state index in [0.717, 1.165) is 25.2 Å². The number of rotatable bonds is 8. The van der Waals surface area contributed by atoms with E-state index in [1.165, 1.54) is 6.07 Å². The number of carbonyl (C=O) groups is 1. The third kappa shape index (κ3) is 5.89. The van der Waals surface area contributed by atoms with Gasteiger partial charge in [-0.2, -0.15) is 0 Å². The summed E-state index contributed by atoms with van der Waals surface area (Å²) >= 11 is 0. The Morgan fingerprint density at radius 3 is 2.56 bits per heavy atom. The van der Waals surface area contributed by atoms with Crippen LogP contribution in [0.25, 0.3) is 0 Å². The van der Waals surface area contributed by atoms with Crippen molar-refractivity contribution in [3.63, 3.8) is 0 Å². The van der Waals surface area contributed by atoms with Crippen LogP contribution in [0.1, 0.15) is 10.4 Å². The predicted molar refractivity (Wildman–Crippen MR) is 107 cm³/mol. The molecule has 2 aliphatic rings. The highest BCUT2D eigenvalue weighted by atomic mass is 16.7. The van der Waals surface area contributed by atoms with Crippen molar-refractivity contribution in [3.8, 4) is 5.75 Å². The van der Waals surface area contributed by atoms with E-state index >= 15 is 0 Å². The number of nitrogens with zero attached hydrogens (tertiary/aromatic N) is 2. The van der Waals surface area contributed by atoms with Crippen molar-refractivity contribution in [2.45, 2.75) is 30.7 Å². The molecule has 2 fully saturated rings. The Bertz CT molecular complexity index is 802. The summed E-state index contributed by atoms with van der Waals surface area (Å²) in [7, 11) is 0. The molecule has 178 valence electrons. The van der Waals surface area contributed by atoms with Crippen LogP contribution >= 0.6 is 0 Å². The van der Waals surface area contributed by atoms with Gasteiger partial charge in [0.1, 0.15) is 30.2 Å². The molecule has 13 nitrogen and oxygen atoms in total. The molecule has 0 unspecified atom stereocenters. The van der Waals surface area contributed by atoms with Crippen molar-refractivity contribution in [1.29, 1.82) is 0 Å². The Morgan fingerprint density at radius 1 is 1.19 bits per heavy atom. The zero-order chi connectivity index (χ0) is 23.3. The third-order valence-electron chi connectivity index (χ3n) is 5.28. The first-order valence-corrected chi connectivity index (χ1v) is 10.1. The largest absolute Gasteiger partial charge is 0.462 e. The number of carbonyl (C=O) groups excluding carboxylic acids is 1. The monoisotopic (exact) mass is 457 g/mol. The molecule has 5 atom stereocenters. The van der Waals surface area contributed by atoms with Gasteiger partial charge in [0, 0.05) is 37.8 Å². The molecule has 1 aromatic rings. The molecule has 0 radical (unpaired) electrons. The molecule has 2 heterocycles. The molecule has 5 N–H and O–H groups in total. The van der Waals surface area contributed by atoms with Gasteiger partial charge in [-0.3, -0.25) is 19.8 Å². The molecular weight excluding hydrogens is 430 g/mol. The first kappa shape index (κ1) is 24.3. The summed E-state index contributed by atoms with van der Waals surface area (Å²) in [5.74, 6) is -0.720. The number of amides is 1. The number of benzene rings is 1. The molecule has 13 heteroatoms. The number of hydrogen-bond donors (Lipinski definition) is 5.